The third-order valence-corrected chi connectivity index (χ3v) is 3.18. The van der Waals surface area contributed by atoms with Crippen molar-refractivity contribution in [1.29, 1.82) is 0 Å². The molecule has 0 saturated carbocycles. The predicted molar refractivity (Wildman–Crippen MR) is 63.2 cm³/mol. The van der Waals surface area contributed by atoms with Crippen LogP contribution in [0.25, 0.3) is 0 Å². The van der Waals surface area contributed by atoms with E-state index in [2.05, 4.69) is 28.7 Å². The summed E-state index contributed by atoms with van der Waals surface area (Å²) in [4.78, 5) is 4.36. The van der Waals surface area contributed by atoms with E-state index >= 15 is 0 Å². The molecule has 16 heavy (non-hydrogen) atoms. The van der Waals surface area contributed by atoms with E-state index in [-0.39, 0.29) is 0 Å². The summed E-state index contributed by atoms with van der Waals surface area (Å²) in [5.74, 6) is 1.13. The molecule has 2 rings (SSSR count). The maximum Gasteiger partial charge on any atom is 0.122 e. The number of ether oxygens (including phenoxy) is 1. The van der Waals surface area contributed by atoms with Crippen LogP contribution in [0.3, 0.4) is 0 Å². The van der Waals surface area contributed by atoms with Gasteiger partial charge in [-0.05, 0) is 26.7 Å². The molecule has 2 atom stereocenters. The van der Waals surface area contributed by atoms with Crippen LogP contribution in [0.15, 0.2) is 12.4 Å². The molecule has 1 saturated heterocycles. The van der Waals surface area contributed by atoms with E-state index in [0.29, 0.717) is 12.1 Å². The van der Waals surface area contributed by atoms with Crippen molar-refractivity contribution >= 4 is 0 Å². The molecule has 2 unspecified atom stereocenters. The lowest BCUT2D eigenvalue weighted by atomic mass is 10.0. The van der Waals surface area contributed by atoms with Crippen molar-refractivity contribution in [3.8, 4) is 0 Å². The molecule has 0 aromatic carbocycles. The van der Waals surface area contributed by atoms with Crippen molar-refractivity contribution < 1.29 is 4.74 Å². The van der Waals surface area contributed by atoms with E-state index in [1.807, 2.05) is 12.4 Å². The molecule has 0 amide bonds. The molecule has 1 aromatic heterocycles. The van der Waals surface area contributed by atoms with Crippen LogP contribution in [-0.2, 0) is 17.8 Å². The van der Waals surface area contributed by atoms with Crippen LogP contribution in [0.2, 0.25) is 0 Å². The molecule has 1 aliphatic rings. The van der Waals surface area contributed by atoms with Gasteiger partial charge in [-0.3, -0.25) is 0 Å². The summed E-state index contributed by atoms with van der Waals surface area (Å²) < 4.78 is 7.71. The molecular weight excluding hydrogens is 202 g/mol. The highest BCUT2D eigenvalue weighted by atomic mass is 16.5. The Morgan fingerprint density at radius 1 is 1.62 bits per heavy atom. The molecule has 1 N–H and O–H groups in total. The molecule has 2 heterocycles. The Bertz CT molecular complexity index is 324. The minimum absolute atomic E-state index is 0.386. The number of nitrogens with zero attached hydrogens (tertiary/aromatic N) is 2. The Kier molecular flexibility index (Phi) is 3.96. The molecule has 4 heteroatoms. The van der Waals surface area contributed by atoms with E-state index in [1.54, 1.807) is 0 Å². The van der Waals surface area contributed by atoms with E-state index in [9.17, 15) is 0 Å². The van der Waals surface area contributed by atoms with Crippen LogP contribution in [0.4, 0.5) is 0 Å². The smallest absolute Gasteiger partial charge is 0.122 e. The van der Waals surface area contributed by atoms with Gasteiger partial charge < -0.3 is 14.6 Å². The average molecular weight is 223 g/mol. The van der Waals surface area contributed by atoms with Crippen LogP contribution < -0.4 is 5.32 Å². The molecule has 1 fully saturated rings. The Labute approximate surface area is 97.0 Å². The maximum atomic E-state index is 5.53. The van der Waals surface area contributed by atoms with E-state index in [1.165, 1.54) is 0 Å². The summed E-state index contributed by atoms with van der Waals surface area (Å²) in [6, 6.07) is 0.575. The topological polar surface area (TPSA) is 39.1 Å². The normalized spacial score (nSPS) is 25.9. The Morgan fingerprint density at radius 3 is 3.25 bits per heavy atom. The van der Waals surface area contributed by atoms with Gasteiger partial charge in [0.1, 0.15) is 5.82 Å². The van der Waals surface area contributed by atoms with Crippen molar-refractivity contribution in [2.45, 2.75) is 51.9 Å². The number of aryl methyl sites for hydroxylation is 1. The van der Waals surface area contributed by atoms with Crippen molar-refractivity contribution in [3.63, 3.8) is 0 Å². The summed E-state index contributed by atoms with van der Waals surface area (Å²) in [5.41, 5.74) is 0. The second-order valence-electron chi connectivity index (χ2n) is 4.41. The fourth-order valence-corrected chi connectivity index (χ4v) is 2.21. The predicted octanol–water partition coefficient (Wildman–Crippen LogP) is 1.56. The van der Waals surface area contributed by atoms with Gasteiger partial charge in [0.2, 0.25) is 0 Å². The second kappa shape index (κ2) is 5.46. The quantitative estimate of drug-likeness (QED) is 0.842. The van der Waals surface area contributed by atoms with Gasteiger partial charge in [-0.15, -0.1) is 0 Å². The van der Waals surface area contributed by atoms with E-state index in [0.717, 1.165) is 38.4 Å². The second-order valence-corrected chi connectivity index (χ2v) is 4.41. The first-order chi connectivity index (χ1) is 7.79. The Balaban J connectivity index is 1.82. The van der Waals surface area contributed by atoms with Crippen LogP contribution >= 0.6 is 0 Å². The largest absolute Gasteiger partial charge is 0.378 e. The molecule has 0 aliphatic carbocycles. The third-order valence-electron chi connectivity index (χ3n) is 3.18. The van der Waals surface area contributed by atoms with Gasteiger partial charge in [-0.2, -0.15) is 0 Å². The fourth-order valence-electron chi connectivity index (χ4n) is 2.21. The summed E-state index contributed by atoms with van der Waals surface area (Å²) in [6.45, 7) is 7.00. The number of aromatic nitrogens is 2. The highest BCUT2D eigenvalue weighted by Crippen LogP contribution is 2.13. The zero-order valence-electron chi connectivity index (χ0n) is 10.1. The summed E-state index contributed by atoms with van der Waals surface area (Å²) >= 11 is 0. The number of hydrogen-bond acceptors (Lipinski definition) is 3. The monoisotopic (exact) mass is 223 g/mol. The third kappa shape index (κ3) is 2.83. The SMILES string of the molecule is CCn1ccnc1CNC1CCOC(C)C1. The number of hydrogen-bond donors (Lipinski definition) is 1. The fraction of sp³-hybridized carbons (Fsp3) is 0.750. The van der Waals surface area contributed by atoms with Gasteiger partial charge in [0, 0.05) is 31.6 Å². The molecule has 4 nitrogen and oxygen atoms in total. The highest BCUT2D eigenvalue weighted by molar-refractivity contribution is 4.92. The molecule has 0 spiro atoms. The molecule has 90 valence electrons. The zero-order valence-corrected chi connectivity index (χ0v) is 10.1. The first-order valence-electron chi connectivity index (χ1n) is 6.14. The first-order valence-corrected chi connectivity index (χ1v) is 6.14. The molecule has 0 radical (unpaired) electrons. The van der Waals surface area contributed by atoms with Gasteiger partial charge in [0.05, 0.1) is 12.6 Å². The minimum Gasteiger partial charge on any atom is -0.378 e. The van der Waals surface area contributed by atoms with Gasteiger partial charge in [-0.25, -0.2) is 4.98 Å². The van der Waals surface area contributed by atoms with Crippen LogP contribution in [0, 0.1) is 0 Å². The Hall–Kier alpha value is -0.870. The lowest BCUT2D eigenvalue weighted by molar-refractivity contribution is 0.0129. The number of imidazole rings is 1. The lowest BCUT2D eigenvalue weighted by Gasteiger charge is -2.28. The van der Waals surface area contributed by atoms with Gasteiger partial charge in [0.15, 0.2) is 0 Å². The Morgan fingerprint density at radius 2 is 2.50 bits per heavy atom. The van der Waals surface area contributed by atoms with Crippen LogP contribution in [-0.4, -0.2) is 28.3 Å². The summed E-state index contributed by atoms with van der Waals surface area (Å²) in [5, 5.41) is 3.57. The maximum absolute atomic E-state index is 5.53. The highest BCUT2D eigenvalue weighted by Gasteiger charge is 2.18. The van der Waals surface area contributed by atoms with Crippen molar-refractivity contribution in [3.05, 3.63) is 18.2 Å². The minimum atomic E-state index is 0.386. The molecule has 1 aliphatic heterocycles. The van der Waals surface area contributed by atoms with Gasteiger partial charge >= 0.3 is 0 Å². The molecule has 0 bridgehead atoms. The van der Waals surface area contributed by atoms with Crippen molar-refractivity contribution in [2.75, 3.05) is 6.61 Å². The summed E-state index contributed by atoms with van der Waals surface area (Å²) in [7, 11) is 0. The van der Waals surface area contributed by atoms with Crippen LogP contribution in [0.1, 0.15) is 32.5 Å². The van der Waals surface area contributed by atoms with Crippen LogP contribution in [0.5, 0.6) is 0 Å². The van der Waals surface area contributed by atoms with E-state index < -0.39 is 0 Å². The molecular formula is C12H21N3O. The number of rotatable bonds is 4. The standard InChI is InChI=1S/C12H21N3O/c1-3-15-6-5-13-12(15)9-14-11-4-7-16-10(2)8-11/h5-6,10-11,14H,3-4,7-9H2,1-2H3. The molecule has 1 aromatic rings. The average Bonchev–Trinajstić information content (AvgIpc) is 2.74. The van der Waals surface area contributed by atoms with Gasteiger partial charge in [-0.1, -0.05) is 0 Å². The summed E-state index contributed by atoms with van der Waals surface area (Å²) in [6.07, 6.45) is 6.50. The zero-order chi connectivity index (χ0) is 11.4. The first kappa shape index (κ1) is 11.6. The van der Waals surface area contributed by atoms with Gasteiger partial charge in [0.25, 0.3) is 0 Å². The number of nitrogens with one attached hydrogen (secondary N) is 1. The van der Waals surface area contributed by atoms with Crippen molar-refractivity contribution in [1.82, 2.24) is 14.9 Å². The van der Waals surface area contributed by atoms with E-state index in [4.69, 9.17) is 4.74 Å². The lowest BCUT2D eigenvalue weighted by Crippen LogP contribution is -2.38. The van der Waals surface area contributed by atoms with Crippen molar-refractivity contribution in [2.24, 2.45) is 0 Å².